The molecular weight excluding hydrogens is 443 g/mol. The molecule has 0 atom stereocenters. The van der Waals surface area contributed by atoms with Gasteiger partial charge in [-0.15, -0.1) is 0 Å². The van der Waals surface area contributed by atoms with Crippen LogP contribution in [0.2, 0.25) is 0 Å². The van der Waals surface area contributed by atoms with E-state index in [-0.39, 0.29) is 32.7 Å². The fourth-order valence-electron chi connectivity index (χ4n) is 3.63. The van der Waals surface area contributed by atoms with Gasteiger partial charge in [-0.05, 0) is 24.3 Å². The monoisotopic (exact) mass is 475 g/mol. The zero-order chi connectivity index (χ0) is 19.5. The van der Waals surface area contributed by atoms with E-state index in [0.29, 0.717) is 13.2 Å². The van der Waals surface area contributed by atoms with Crippen LogP contribution in [-0.2, 0) is 48.7 Å². The van der Waals surface area contributed by atoms with Gasteiger partial charge in [-0.3, -0.25) is 0 Å². The average molecular weight is 475 g/mol. The van der Waals surface area contributed by atoms with Gasteiger partial charge < -0.3 is 23.4 Å². The van der Waals surface area contributed by atoms with Crippen molar-refractivity contribution in [3.05, 3.63) is 60.2 Å². The Balaban J connectivity index is 0.00000300. The number of quaternary nitrogens is 1. The molecule has 0 aromatic heterocycles. The molecule has 29 heavy (non-hydrogen) atoms. The molecule has 1 aliphatic heterocycles. The first-order valence-electron chi connectivity index (χ1n) is 10.1. The molecule has 5 nitrogen and oxygen atoms in total. The molecule has 6 heteroatoms. The summed E-state index contributed by atoms with van der Waals surface area (Å²) >= 11 is 0. The van der Waals surface area contributed by atoms with Crippen LogP contribution < -0.4 is 9.47 Å². The number of ether oxygens (including phenoxy) is 4. The summed E-state index contributed by atoms with van der Waals surface area (Å²) < 4.78 is 23.2. The summed E-state index contributed by atoms with van der Waals surface area (Å²) in [5.41, 5.74) is 1.40. The van der Waals surface area contributed by atoms with Gasteiger partial charge in [-0.1, -0.05) is 30.3 Å². The molecule has 2 aromatic rings. The Hall–Kier alpha value is -0.976. The normalized spacial score (nSPS) is 15.3. The number of rotatable bonds is 11. The van der Waals surface area contributed by atoms with Crippen molar-refractivity contribution in [3.8, 4) is 11.5 Å². The quantitative estimate of drug-likeness (QED) is 0.368. The van der Waals surface area contributed by atoms with Crippen LogP contribution in [0.4, 0.5) is 0 Å². The Bertz CT molecular complexity index is 675. The van der Waals surface area contributed by atoms with Crippen LogP contribution in [0.5, 0.6) is 11.5 Å². The molecule has 1 fully saturated rings. The summed E-state index contributed by atoms with van der Waals surface area (Å²) in [4.78, 5) is 0. The van der Waals surface area contributed by atoms with Gasteiger partial charge in [0.25, 0.3) is 0 Å². The minimum atomic E-state index is 0. The van der Waals surface area contributed by atoms with Crippen molar-refractivity contribution >= 4 is 0 Å². The molecule has 3 rings (SSSR count). The molecule has 0 amide bonds. The number of hydrogen-bond acceptors (Lipinski definition) is 4. The summed E-state index contributed by atoms with van der Waals surface area (Å²) in [6.45, 7) is 7.88. The molecule has 1 saturated heterocycles. The summed E-state index contributed by atoms with van der Waals surface area (Å²) in [5, 5.41) is 0. The molecule has 0 saturated carbocycles. The number of morpholine rings is 1. The van der Waals surface area contributed by atoms with Crippen LogP contribution in [-0.4, -0.2) is 64.3 Å². The van der Waals surface area contributed by atoms with Gasteiger partial charge in [-0.2, -0.15) is 0 Å². The minimum Gasteiger partial charge on any atom is -0.493 e. The van der Waals surface area contributed by atoms with Crippen LogP contribution >= 0.6 is 0 Å². The van der Waals surface area contributed by atoms with E-state index in [1.807, 2.05) is 24.3 Å². The third-order valence-electron chi connectivity index (χ3n) is 5.21. The molecule has 2 aromatic carbocycles. The van der Waals surface area contributed by atoms with Crippen LogP contribution in [0.25, 0.3) is 0 Å². The maximum Gasteiger partial charge on any atom is 0.119 e. The third-order valence-corrected chi connectivity index (χ3v) is 5.21. The van der Waals surface area contributed by atoms with E-state index in [2.05, 4.69) is 30.3 Å². The van der Waals surface area contributed by atoms with E-state index in [0.717, 1.165) is 68.4 Å². The molecule has 155 valence electrons. The van der Waals surface area contributed by atoms with Gasteiger partial charge in [0.1, 0.15) is 37.7 Å². The maximum atomic E-state index is 5.95. The number of methoxy groups -OCH3 is 1. The second kappa shape index (κ2) is 13.4. The van der Waals surface area contributed by atoms with Gasteiger partial charge in [0.05, 0.1) is 33.0 Å². The van der Waals surface area contributed by atoms with E-state index in [1.54, 1.807) is 7.11 Å². The number of benzene rings is 2. The largest absolute Gasteiger partial charge is 0.493 e. The van der Waals surface area contributed by atoms with E-state index >= 15 is 0 Å². The van der Waals surface area contributed by atoms with E-state index in [1.165, 1.54) is 5.56 Å². The predicted molar refractivity (Wildman–Crippen MR) is 110 cm³/mol. The molecule has 1 aliphatic rings. The van der Waals surface area contributed by atoms with Crippen molar-refractivity contribution in [2.45, 2.75) is 13.0 Å². The Labute approximate surface area is 199 Å². The molecule has 1 heterocycles. The first kappa shape index (κ1) is 24.3. The van der Waals surface area contributed by atoms with Crippen molar-refractivity contribution in [1.82, 2.24) is 0 Å². The van der Waals surface area contributed by atoms with Crippen molar-refractivity contribution in [1.29, 1.82) is 0 Å². The number of hydrogen-bond donors (Lipinski definition) is 0. The van der Waals surface area contributed by atoms with Crippen molar-refractivity contribution in [2.75, 3.05) is 59.8 Å². The first-order chi connectivity index (χ1) is 13.8. The van der Waals surface area contributed by atoms with Gasteiger partial charge in [0.2, 0.25) is 0 Å². The summed E-state index contributed by atoms with van der Waals surface area (Å²) in [7, 11) is 1.67. The molecular formula is C23H32NO4Y+. The zero-order valence-electron chi connectivity index (χ0n) is 17.4. The summed E-state index contributed by atoms with van der Waals surface area (Å²) in [5.74, 6) is 1.72. The molecule has 0 aliphatic carbocycles. The fourth-order valence-corrected chi connectivity index (χ4v) is 3.63. The Morgan fingerprint density at radius 3 is 2.07 bits per heavy atom. The van der Waals surface area contributed by atoms with Gasteiger partial charge in [0, 0.05) is 51.8 Å². The summed E-state index contributed by atoms with van der Waals surface area (Å²) in [6.07, 6.45) is 1.03. The van der Waals surface area contributed by atoms with Gasteiger partial charge >= 0.3 is 0 Å². The SMILES string of the molecule is COCCOc1ccc(OCCC[N+]2(Cc3ccccc3)CCOCC2)cc1.[Y]. The molecule has 1 radical (unpaired) electrons. The van der Waals surface area contributed by atoms with Crippen molar-refractivity contribution in [2.24, 2.45) is 0 Å². The Morgan fingerprint density at radius 1 is 0.828 bits per heavy atom. The van der Waals surface area contributed by atoms with E-state index in [9.17, 15) is 0 Å². The number of nitrogens with zero attached hydrogens (tertiary/aromatic N) is 1. The van der Waals surface area contributed by atoms with Crippen LogP contribution in [0.15, 0.2) is 54.6 Å². The third kappa shape index (κ3) is 8.35. The smallest absolute Gasteiger partial charge is 0.119 e. The zero-order valence-corrected chi connectivity index (χ0v) is 20.3. The average Bonchev–Trinajstić information content (AvgIpc) is 2.74. The van der Waals surface area contributed by atoms with Crippen LogP contribution in [0.1, 0.15) is 12.0 Å². The second-order valence-electron chi connectivity index (χ2n) is 7.28. The maximum absolute atomic E-state index is 5.95. The second-order valence-corrected chi connectivity index (χ2v) is 7.28. The first-order valence-corrected chi connectivity index (χ1v) is 10.1. The molecule has 0 bridgehead atoms. The molecule has 0 N–H and O–H groups in total. The fraction of sp³-hybridized carbons (Fsp3) is 0.478. The van der Waals surface area contributed by atoms with E-state index < -0.39 is 0 Å². The topological polar surface area (TPSA) is 36.9 Å². The van der Waals surface area contributed by atoms with Crippen LogP contribution in [0, 0.1) is 0 Å². The van der Waals surface area contributed by atoms with Crippen molar-refractivity contribution in [3.63, 3.8) is 0 Å². The predicted octanol–water partition coefficient (Wildman–Crippen LogP) is 3.53. The Morgan fingerprint density at radius 2 is 1.45 bits per heavy atom. The van der Waals surface area contributed by atoms with E-state index in [4.69, 9.17) is 18.9 Å². The van der Waals surface area contributed by atoms with Crippen LogP contribution in [0.3, 0.4) is 0 Å². The Kier molecular flexibility index (Phi) is 11.2. The molecule has 0 spiro atoms. The van der Waals surface area contributed by atoms with Gasteiger partial charge in [-0.25, -0.2) is 0 Å². The summed E-state index contributed by atoms with van der Waals surface area (Å²) in [6, 6.07) is 18.6. The molecule has 0 unspecified atom stereocenters. The standard InChI is InChI=1S/C23H32NO4.Y/c1-25-18-19-28-23-10-8-22(9-11-23)27-15-5-12-24(13-16-26-17-14-24)20-21-6-3-2-4-7-21;/h2-4,6-11H,5,12-20H2,1H3;/q+1;. The van der Waals surface area contributed by atoms with Crippen molar-refractivity contribution < 1.29 is 56.1 Å². The van der Waals surface area contributed by atoms with Gasteiger partial charge in [0.15, 0.2) is 0 Å². The minimum absolute atomic E-state index is 0.